The van der Waals surface area contributed by atoms with Crippen LogP contribution in [-0.4, -0.2) is 67.9 Å². The first kappa shape index (κ1) is 26.2. The van der Waals surface area contributed by atoms with Gasteiger partial charge in [0.25, 0.3) is 0 Å². The Hall–Kier alpha value is -2.42. The molecule has 4 heterocycles. The molecule has 2 aliphatic heterocycles. The van der Waals surface area contributed by atoms with E-state index in [1.165, 1.54) is 0 Å². The summed E-state index contributed by atoms with van der Waals surface area (Å²) in [6.45, 7) is 10.0. The van der Waals surface area contributed by atoms with Crippen LogP contribution in [0.3, 0.4) is 0 Å². The van der Waals surface area contributed by atoms with E-state index in [4.69, 9.17) is 38.3 Å². The number of aromatic nitrogens is 4. The van der Waals surface area contributed by atoms with Crippen LogP contribution in [0.15, 0.2) is 24.4 Å². The highest BCUT2D eigenvalue weighted by Crippen LogP contribution is 2.33. The monoisotopic (exact) mass is 544 g/mol. The lowest BCUT2D eigenvalue weighted by atomic mass is 9.87. The molecule has 198 valence electrons. The Balaban J connectivity index is 1.35. The van der Waals surface area contributed by atoms with E-state index in [0.717, 1.165) is 73.7 Å². The third-order valence-corrected chi connectivity index (χ3v) is 8.57. The van der Waals surface area contributed by atoms with E-state index in [9.17, 15) is 9.90 Å². The molecule has 1 aromatic carbocycles. The van der Waals surface area contributed by atoms with Crippen LogP contribution in [-0.2, 0) is 4.79 Å². The fourth-order valence-electron chi connectivity index (χ4n) is 6.13. The Kier molecular flexibility index (Phi) is 7.61. The Labute approximate surface area is 227 Å². The molecule has 10 heteroatoms. The third-order valence-electron chi connectivity index (χ3n) is 8.00. The summed E-state index contributed by atoms with van der Waals surface area (Å²) in [5, 5.41) is 15.2. The van der Waals surface area contributed by atoms with Gasteiger partial charge in [-0.2, -0.15) is 5.10 Å². The molecule has 0 amide bonds. The van der Waals surface area contributed by atoms with Crippen molar-refractivity contribution in [3.8, 4) is 0 Å². The molecule has 1 N–H and O–H groups in total. The van der Waals surface area contributed by atoms with Crippen LogP contribution in [0.25, 0.3) is 11.2 Å². The minimum Gasteiger partial charge on any atom is -0.481 e. The Morgan fingerprint density at radius 2 is 2.03 bits per heavy atom. The molecule has 0 aliphatic carbocycles. The van der Waals surface area contributed by atoms with Crippen LogP contribution in [0.2, 0.25) is 10.0 Å². The molecular weight excluding hydrogens is 511 g/mol. The second-order valence-electron chi connectivity index (χ2n) is 10.7. The van der Waals surface area contributed by atoms with E-state index in [1.807, 2.05) is 29.9 Å². The first-order valence-corrected chi connectivity index (χ1v) is 13.8. The van der Waals surface area contributed by atoms with Gasteiger partial charge in [-0.3, -0.25) is 9.69 Å². The number of rotatable bonds is 6. The number of anilines is 1. The van der Waals surface area contributed by atoms with Crippen molar-refractivity contribution in [1.29, 1.82) is 0 Å². The predicted molar refractivity (Wildman–Crippen MR) is 147 cm³/mol. The van der Waals surface area contributed by atoms with Gasteiger partial charge in [0.15, 0.2) is 5.65 Å². The van der Waals surface area contributed by atoms with Crippen molar-refractivity contribution in [2.75, 3.05) is 31.1 Å². The topological polar surface area (TPSA) is 87.4 Å². The number of hydrogen-bond acceptors (Lipinski definition) is 6. The van der Waals surface area contributed by atoms with Crippen molar-refractivity contribution in [3.05, 3.63) is 45.7 Å². The van der Waals surface area contributed by atoms with E-state index in [1.54, 1.807) is 6.07 Å². The third kappa shape index (κ3) is 5.42. The maximum Gasteiger partial charge on any atom is 0.303 e. The summed E-state index contributed by atoms with van der Waals surface area (Å²) in [5.74, 6) is 0.860. The minimum atomic E-state index is -0.689. The quantitative estimate of drug-likeness (QED) is 0.441. The van der Waals surface area contributed by atoms with Crippen LogP contribution in [0, 0.1) is 18.8 Å². The average molecular weight is 546 g/mol. The van der Waals surface area contributed by atoms with Gasteiger partial charge in [0.2, 0.25) is 0 Å². The zero-order valence-electron chi connectivity index (χ0n) is 21.6. The molecule has 0 bridgehead atoms. The summed E-state index contributed by atoms with van der Waals surface area (Å²) >= 11 is 12.6. The van der Waals surface area contributed by atoms with Crippen LogP contribution >= 0.6 is 23.2 Å². The molecule has 0 spiro atoms. The van der Waals surface area contributed by atoms with E-state index in [-0.39, 0.29) is 18.4 Å². The fraction of sp³-hybridized carbons (Fsp3) is 0.556. The SMILES string of the molecule is Cc1nn([C@H](C)c2ccc(Cl)cc2Cl)c2nc(N3CC[C@H](N4CCC[C@@H](CC(=O)O)C4)[C@H](C)C3)cnc12. The number of likely N-dealkylation sites (tertiary alicyclic amines) is 1. The number of carboxylic acids is 1. The van der Waals surface area contributed by atoms with Gasteiger partial charge in [-0.1, -0.05) is 36.2 Å². The molecule has 2 fully saturated rings. The van der Waals surface area contributed by atoms with Gasteiger partial charge < -0.3 is 10.0 Å². The van der Waals surface area contributed by atoms with E-state index in [2.05, 4.69) is 23.6 Å². The summed E-state index contributed by atoms with van der Waals surface area (Å²) in [6, 6.07) is 5.86. The number of hydrogen-bond donors (Lipinski definition) is 1. The highest BCUT2D eigenvalue weighted by molar-refractivity contribution is 6.35. The summed E-state index contributed by atoms with van der Waals surface area (Å²) in [7, 11) is 0. The van der Waals surface area contributed by atoms with E-state index >= 15 is 0 Å². The molecular formula is C27H34Cl2N6O2. The zero-order chi connectivity index (χ0) is 26.3. The van der Waals surface area contributed by atoms with Crippen molar-refractivity contribution in [2.24, 2.45) is 11.8 Å². The lowest BCUT2D eigenvalue weighted by molar-refractivity contribution is -0.138. The molecule has 2 aromatic heterocycles. The predicted octanol–water partition coefficient (Wildman–Crippen LogP) is 5.45. The number of carbonyl (C=O) groups is 1. The summed E-state index contributed by atoms with van der Waals surface area (Å²) in [4.78, 5) is 25.9. The maximum absolute atomic E-state index is 11.2. The largest absolute Gasteiger partial charge is 0.481 e. The van der Waals surface area contributed by atoms with Gasteiger partial charge in [-0.15, -0.1) is 0 Å². The summed E-state index contributed by atoms with van der Waals surface area (Å²) in [5.41, 5.74) is 3.30. The number of aliphatic carboxylic acids is 1. The number of aryl methyl sites for hydroxylation is 1. The minimum absolute atomic E-state index is 0.131. The number of carboxylic acid groups (broad SMARTS) is 1. The Morgan fingerprint density at radius 3 is 2.76 bits per heavy atom. The fourth-order valence-corrected chi connectivity index (χ4v) is 6.70. The van der Waals surface area contributed by atoms with Crippen molar-refractivity contribution in [1.82, 2.24) is 24.6 Å². The first-order valence-electron chi connectivity index (χ1n) is 13.1. The molecule has 0 radical (unpaired) electrons. The van der Waals surface area contributed by atoms with Crippen LogP contribution in [0.4, 0.5) is 5.82 Å². The Bertz CT molecular complexity index is 1300. The molecule has 37 heavy (non-hydrogen) atoms. The first-order chi connectivity index (χ1) is 17.7. The number of nitrogens with zero attached hydrogens (tertiary/aromatic N) is 6. The maximum atomic E-state index is 11.2. The molecule has 2 aliphatic rings. The van der Waals surface area contributed by atoms with Crippen molar-refractivity contribution in [3.63, 3.8) is 0 Å². The van der Waals surface area contributed by atoms with Gasteiger partial charge in [-0.05, 0) is 69.2 Å². The average Bonchev–Trinajstić information content (AvgIpc) is 3.19. The molecule has 4 atom stereocenters. The lowest BCUT2D eigenvalue weighted by Crippen LogP contribution is -2.53. The van der Waals surface area contributed by atoms with Gasteiger partial charge >= 0.3 is 5.97 Å². The van der Waals surface area contributed by atoms with Crippen LogP contribution in [0.1, 0.15) is 56.8 Å². The standard InChI is InChI=1S/C27H34Cl2N6O2/c1-16-14-34(10-8-23(16)33-9-4-5-19(15-33)11-25(36)37)24-13-30-26-17(2)32-35(27(26)31-24)18(3)21-7-6-20(28)12-22(21)29/h6-7,12-13,16,18-19,23H,4-5,8-11,14-15H2,1-3H3,(H,36,37)/t16-,18-,19+,23+/m1/s1. The van der Waals surface area contributed by atoms with Crippen LogP contribution < -0.4 is 4.90 Å². The van der Waals surface area contributed by atoms with Crippen LogP contribution in [0.5, 0.6) is 0 Å². The molecule has 2 saturated heterocycles. The number of benzene rings is 1. The normalized spacial score (nSPS) is 23.9. The number of fused-ring (bicyclic) bond motifs is 1. The Morgan fingerprint density at radius 1 is 1.22 bits per heavy atom. The number of halogens is 2. The smallest absolute Gasteiger partial charge is 0.303 e. The van der Waals surface area contributed by atoms with Crippen molar-refractivity contribution in [2.45, 2.75) is 58.5 Å². The highest BCUT2D eigenvalue weighted by atomic mass is 35.5. The molecule has 5 rings (SSSR count). The second kappa shape index (κ2) is 10.8. The van der Waals surface area contributed by atoms with E-state index < -0.39 is 5.97 Å². The van der Waals surface area contributed by atoms with Gasteiger partial charge in [0.05, 0.1) is 17.9 Å². The van der Waals surface area contributed by atoms with Crippen molar-refractivity contribution >= 4 is 46.2 Å². The zero-order valence-corrected chi connectivity index (χ0v) is 23.1. The molecule has 0 saturated carbocycles. The summed E-state index contributed by atoms with van der Waals surface area (Å²) < 4.78 is 1.91. The van der Waals surface area contributed by atoms with Gasteiger partial charge in [0, 0.05) is 42.1 Å². The van der Waals surface area contributed by atoms with Gasteiger partial charge in [0.1, 0.15) is 11.3 Å². The molecule has 0 unspecified atom stereocenters. The molecule has 8 nitrogen and oxygen atoms in total. The highest BCUT2D eigenvalue weighted by Gasteiger charge is 2.34. The lowest BCUT2D eigenvalue weighted by Gasteiger charge is -2.45. The second-order valence-corrected chi connectivity index (χ2v) is 11.5. The van der Waals surface area contributed by atoms with Gasteiger partial charge in [-0.25, -0.2) is 14.6 Å². The number of piperidine rings is 2. The summed E-state index contributed by atoms with van der Waals surface area (Å²) in [6.07, 6.45) is 5.24. The van der Waals surface area contributed by atoms with Crippen molar-refractivity contribution < 1.29 is 9.90 Å². The molecule has 3 aromatic rings. The van der Waals surface area contributed by atoms with E-state index in [0.29, 0.717) is 22.0 Å².